The number of halogens is 3. The van der Waals surface area contributed by atoms with Gasteiger partial charge in [0.05, 0.1) is 0 Å². The van der Waals surface area contributed by atoms with E-state index in [9.17, 15) is 22.8 Å². The van der Waals surface area contributed by atoms with Gasteiger partial charge >= 0.3 is 5.97 Å². The molecule has 2 aromatic carbocycles. The predicted molar refractivity (Wildman–Crippen MR) is 77.8 cm³/mol. The molecule has 24 heavy (non-hydrogen) atoms. The second kappa shape index (κ2) is 8.00. The lowest BCUT2D eigenvalue weighted by molar-refractivity contribution is -0.149. The highest BCUT2D eigenvalue weighted by Crippen LogP contribution is 2.13. The van der Waals surface area contributed by atoms with Crippen LogP contribution in [0, 0.1) is 17.5 Å². The minimum absolute atomic E-state index is 0.0255. The smallest absolute Gasteiger partial charge is 0.344 e. The van der Waals surface area contributed by atoms with Gasteiger partial charge in [-0.15, -0.1) is 0 Å². The molecule has 0 atom stereocenters. The van der Waals surface area contributed by atoms with Crippen LogP contribution in [0.25, 0.3) is 0 Å². The summed E-state index contributed by atoms with van der Waals surface area (Å²) in [5, 5.41) is 2.24. The van der Waals surface area contributed by atoms with Gasteiger partial charge in [0.2, 0.25) is 0 Å². The second-order valence-electron chi connectivity index (χ2n) is 4.58. The van der Waals surface area contributed by atoms with E-state index >= 15 is 0 Å². The third kappa shape index (κ3) is 5.31. The molecular weight excluding hydrogens is 327 g/mol. The Morgan fingerprint density at radius 1 is 0.917 bits per heavy atom. The fourth-order valence-electron chi connectivity index (χ4n) is 1.63. The molecule has 1 N–H and O–H groups in total. The van der Waals surface area contributed by atoms with Crippen molar-refractivity contribution in [2.24, 2.45) is 0 Å². The third-order valence-corrected chi connectivity index (χ3v) is 2.74. The zero-order chi connectivity index (χ0) is 17.5. The van der Waals surface area contributed by atoms with Gasteiger partial charge in [-0.05, 0) is 36.4 Å². The van der Waals surface area contributed by atoms with E-state index in [0.29, 0.717) is 0 Å². The van der Waals surface area contributed by atoms with Crippen molar-refractivity contribution in [3.63, 3.8) is 0 Å². The van der Waals surface area contributed by atoms with Gasteiger partial charge in [0.1, 0.15) is 11.6 Å². The fraction of sp³-hybridized carbons (Fsp3) is 0.125. The lowest BCUT2D eigenvalue weighted by Gasteiger charge is -2.08. The fourth-order valence-corrected chi connectivity index (χ4v) is 1.63. The Morgan fingerprint density at radius 2 is 1.62 bits per heavy atom. The van der Waals surface area contributed by atoms with Gasteiger partial charge in [-0.1, -0.05) is 0 Å². The van der Waals surface area contributed by atoms with Crippen LogP contribution in [0.15, 0.2) is 42.5 Å². The first kappa shape index (κ1) is 17.3. The number of esters is 1. The van der Waals surface area contributed by atoms with Gasteiger partial charge in [-0.2, -0.15) is 0 Å². The van der Waals surface area contributed by atoms with Gasteiger partial charge < -0.3 is 14.8 Å². The van der Waals surface area contributed by atoms with E-state index in [1.165, 1.54) is 12.1 Å². The normalized spacial score (nSPS) is 10.1. The second-order valence-corrected chi connectivity index (χ2v) is 4.58. The summed E-state index contributed by atoms with van der Waals surface area (Å²) in [6.45, 7) is -1.09. The highest BCUT2D eigenvalue weighted by atomic mass is 19.2. The molecule has 0 saturated carbocycles. The first-order chi connectivity index (χ1) is 11.4. The van der Waals surface area contributed by atoms with Crippen LogP contribution in [-0.4, -0.2) is 25.1 Å². The van der Waals surface area contributed by atoms with E-state index in [4.69, 9.17) is 4.74 Å². The molecule has 0 heterocycles. The SMILES string of the molecule is O=C(COC(=O)COc1ccc(F)cc1)Nc1ccc(F)c(F)c1. The van der Waals surface area contributed by atoms with Crippen LogP contribution in [0.1, 0.15) is 0 Å². The summed E-state index contributed by atoms with van der Waals surface area (Å²) in [4.78, 5) is 23.0. The summed E-state index contributed by atoms with van der Waals surface area (Å²) in [7, 11) is 0. The number of benzene rings is 2. The summed E-state index contributed by atoms with van der Waals surface area (Å²) >= 11 is 0. The number of carbonyl (C=O) groups excluding carboxylic acids is 2. The quantitative estimate of drug-likeness (QED) is 0.822. The largest absolute Gasteiger partial charge is 0.482 e. The molecule has 0 radical (unpaired) electrons. The van der Waals surface area contributed by atoms with Gasteiger partial charge in [-0.3, -0.25) is 4.79 Å². The molecule has 1 amide bonds. The number of nitrogens with one attached hydrogen (secondary N) is 1. The summed E-state index contributed by atoms with van der Waals surface area (Å²) in [5.74, 6) is -3.89. The molecule has 2 rings (SSSR count). The van der Waals surface area contributed by atoms with Crippen LogP contribution < -0.4 is 10.1 Å². The van der Waals surface area contributed by atoms with E-state index in [0.717, 1.165) is 30.3 Å². The summed E-state index contributed by atoms with van der Waals surface area (Å²) in [6, 6.07) is 7.80. The molecule has 0 aliphatic carbocycles. The first-order valence-corrected chi connectivity index (χ1v) is 6.73. The van der Waals surface area contributed by atoms with E-state index < -0.39 is 42.5 Å². The molecule has 8 heteroatoms. The molecular formula is C16H12F3NO4. The number of rotatable bonds is 6. The van der Waals surface area contributed by atoms with Crippen molar-refractivity contribution >= 4 is 17.6 Å². The summed E-state index contributed by atoms with van der Waals surface area (Å²) in [6.07, 6.45) is 0. The van der Waals surface area contributed by atoms with Crippen LogP contribution in [0.4, 0.5) is 18.9 Å². The van der Waals surface area contributed by atoms with E-state index in [1.807, 2.05) is 0 Å². The highest BCUT2D eigenvalue weighted by Gasteiger charge is 2.10. The topological polar surface area (TPSA) is 64.6 Å². The maximum Gasteiger partial charge on any atom is 0.344 e. The molecule has 0 aliphatic rings. The average molecular weight is 339 g/mol. The summed E-state index contributed by atoms with van der Waals surface area (Å²) < 4.78 is 48.1. The molecule has 0 bridgehead atoms. The molecule has 0 fully saturated rings. The number of amides is 1. The number of carbonyl (C=O) groups is 2. The zero-order valence-electron chi connectivity index (χ0n) is 12.2. The van der Waals surface area contributed by atoms with Crippen LogP contribution in [-0.2, 0) is 14.3 Å². The van der Waals surface area contributed by atoms with Gasteiger partial charge in [0.15, 0.2) is 24.8 Å². The van der Waals surface area contributed by atoms with Crippen LogP contribution in [0.2, 0.25) is 0 Å². The lowest BCUT2D eigenvalue weighted by atomic mass is 10.3. The Bertz CT molecular complexity index is 735. The van der Waals surface area contributed by atoms with Gasteiger partial charge in [-0.25, -0.2) is 18.0 Å². The molecule has 126 valence electrons. The minimum atomic E-state index is -1.11. The zero-order valence-corrected chi connectivity index (χ0v) is 12.2. The maximum absolute atomic E-state index is 13.0. The highest BCUT2D eigenvalue weighted by molar-refractivity contribution is 5.92. The Balaban J connectivity index is 1.73. The van der Waals surface area contributed by atoms with Gasteiger partial charge in [0.25, 0.3) is 5.91 Å². The molecule has 0 unspecified atom stereocenters. The van der Waals surface area contributed by atoms with Gasteiger partial charge in [0, 0.05) is 11.8 Å². The number of hydrogen-bond acceptors (Lipinski definition) is 4. The van der Waals surface area contributed by atoms with Crippen molar-refractivity contribution in [3.8, 4) is 5.75 Å². The van der Waals surface area contributed by atoms with Crippen LogP contribution in [0.3, 0.4) is 0 Å². The van der Waals surface area contributed by atoms with Crippen molar-refractivity contribution < 1.29 is 32.2 Å². The van der Waals surface area contributed by atoms with E-state index in [2.05, 4.69) is 10.1 Å². The average Bonchev–Trinajstić information content (AvgIpc) is 2.56. The lowest BCUT2D eigenvalue weighted by Crippen LogP contribution is -2.23. The molecule has 2 aromatic rings. The van der Waals surface area contributed by atoms with E-state index in [1.54, 1.807) is 0 Å². The standard InChI is InChI=1S/C16H12F3NO4/c17-10-1-4-12(5-2-10)23-9-16(22)24-8-15(21)20-11-3-6-13(18)14(19)7-11/h1-7H,8-9H2,(H,20,21). The molecule has 5 nitrogen and oxygen atoms in total. The molecule has 0 spiro atoms. The number of ether oxygens (including phenoxy) is 2. The predicted octanol–water partition coefficient (Wildman–Crippen LogP) is 2.66. The molecule has 0 aliphatic heterocycles. The summed E-state index contributed by atoms with van der Waals surface area (Å²) in [5.41, 5.74) is 0.0255. The number of hydrogen-bond donors (Lipinski definition) is 1. The van der Waals surface area contributed by atoms with Crippen molar-refractivity contribution in [2.45, 2.75) is 0 Å². The Kier molecular flexibility index (Phi) is 5.78. The Labute approximate surface area is 135 Å². The van der Waals surface area contributed by atoms with Crippen molar-refractivity contribution in [1.82, 2.24) is 0 Å². The van der Waals surface area contributed by atoms with Crippen LogP contribution in [0.5, 0.6) is 5.75 Å². The minimum Gasteiger partial charge on any atom is -0.482 e. The van der Waals surface area contributed by atoms with Crippen LogP contribution >= 0.6 is 0 Å². The molecule has 0 saturated heterocycles. The van der Waals surface area contributed by atoms with Crippen molar-refractivity contribution in [1.29, 1.82) is 0 Å². The molecule has 0 aromatic heterocycles. The Morgan fingerprint density at radius 3 is 2.29 bits per heavy atom. The number of anilines is 1. The first-order valence-electron chi connectivity index (χ1n) is 6.73. The Hall–Kier alpha value is -3.03. The maximum atomic E-state index is 13.0. The third-order valence-electron chi connectivity index (χ3n) is 2.74. The van der Waals surface area contributed by atoms with Crippen molar-refractivity contribution in [3.05, 3.63) is 59.9 Å². The van der Waals surface area contributed by atoms with E-state index in [-0.39, 0.29) is 11.4 Å². The van der Waals surface area contributed by atoms with Crippen molar-refractivity contribution in [2.75, 3.05) is 18.5 Å². The monoisotopic (exact) mass is 339 g/mol.